The van der Waals surface area contributed by atoms with Gasteiger partial charge in [-0.15, -0.1) is 0 Å². The van der Waals surface area contributed by atoms with E-state index in [1.165, 1.54) is 0 Å². The number of benzene rings is 2. The first-order valence-corrected chi connectivity index (χ1v) is 6.28. The lowest BCUT2D eigenvalue weighted by molar-refractivity contribution is 0.415. The van der Waals surface area contributed by atoms with Crippen molar-refractivity contribution in [3.8, 4) is 5.75 Å². The Morgan fingerprint density at radius 2 is 1.95 bits per heavy atom. The van der Waals surface area contributed by atoms with Gasteiger partial charge in [-0.3, -0.25) is 5.43 Å². The molecule has 2 aromatic carbocycles. The molecule has 0 unspecified atom stereocenters. The molecule has 0 atom stereocenters. The van der Waals surface area contributed by atoms with Crippen LogP contribution in [-0.2, 0) is 0 Å². The highest BCUT2D eigenvalue weighted by Crippen LogP contribution is 2.18. The van der Waals surface area contributed by atoms with Crippen molar-refractivity contribution in [2.45, 2.75) is 6.92 Å². The first-order chi connectivity index (χ1) is 9.20. The summed E-state index contributed by atoms with van der Waals surface area (Å²) in [6, 6.07) is 15.2. The Labute approximate surface area is 117 Å². The predicted molar refractivity (Wildman–Crippen MR) is 80.3 cm³/mol. The number of anilines is 1. The first-order valence-electron chi connectivity index (χ1n) is 5.90. The van der Waals surface area contributed by atoms with E-state index in [9.17, 15) is 0 Å². The molecule has 19 heavy (non-hydrogen) atoms. The van der Waals surface area contributed by atoms with E-state index < -0.39 is 0 Å². The second kappa shape index (κ2) is 6.25. The molecule has 0 aromatic heterocycles. The zero-order valence-corrected chi connectivity index (χ0v) is 11.6. The van der Waals surface area contributed by atoms with Gasteiger partial charge in [-0.2, -0.15) is 5.10 Å². The molecule has 4 heteroatoms. The monoisotopic (exact) mass is 274 g/mol. The third-order valence-corrected chi connectivity index (χ3v) is 3.02. The minimum Gasteiger partial charge on any atom is -0.497 e. The van der Waals surface area contributed by atoms with Crippen LogP contribution in [0.5, 0.6) is 5.75 Å². The van der Waals surface area contributed by atoms with Crippen molar-refractivity contribution in [2.75, 3.05) is 12.5 Å². The molecule has 0 spiro atoms. The standard InChI is InChI=1S/C15H15ClN2O/c1-11(14-8-3-4-9-15(14)16)17-18-12-6-5-7-13(10-12)19-2/h3-10,18H,1-2H3. The Balaban J connectivity index is 2.16. The van der Waals surface area contributed by atoms with Crippen molar-refractivity contribution in [1.82, 2.24) is 0 Å². The van der Waals surface area contributed by atoms with Crippen molar-refractivity contribution in [3.05, 3.63) is 59.1 Å². The summed E-state index contributed by atoms with van der Waals surface area (Å²) in [6.07, 6.45) is 0. The van der Waals surface area contributed by atoms with Gasteiger partial charge in [0, 0.05) is 16.7 Å². The summed E-state index contributed by atoms with van der Waals surface area (Å²) in [5.74, 6) is 0.788. The molecule has 1 N–H and O–H groups in total. The quantitative estimate of drug-likeness (QED) is 0.670. The number of ether oxygens (including phenoxy) is 1. The smallest absolute Gasteiger partial charge is 0.120 e. The van der Waals surface area contributed by atoms with Crippen LogP contribution in [0.15, 0.2) is 53.6 Å². The maximum absolute atomic E-state index is 6.12. The molecule has 0 amide bonds. The predicted octanol–water partition coefficient (Wildman–Crippen LogP) is 4.18. The van der Waals surface area contributed by atoms with Crippen LogP contribution in [0.1, 0.15) is 12.5 Å². The molecule has 0 aliphatic heterocycles. The fourth-order valence-electron chi connectivity index (χ4n) is 1.66. The topological polar surface area (TPSA) is 33.6 Å². The molecule has 98 valence electrons. The van der Waals surface area contributed by atoms with Crippen LogP contribution in [0, 0.1) is 0 Å². The number of methoxy groups -OCH3 is 1. The van der Waals surface area contributed by atoms with Gasteiger partial charge in [-0.25, -0.2) is 0 Å². The van der Waals surface area contributed by atoms with Crippen molar-refractivity contribution < 1.29 is 4.74 Å². The molecular weight excluding hydrogens is 260 g/mol. The molecule has 0 fully saturated rings. The lowest BCUT2D eigenvalue weighted by Gasteiger charge is -2.06. The molecular formula is C15H15ClN2O. The van der Waals surface area contributed by atoms with E-state index in [-0.39, 0.29) is 0 Å². The van der Waals surface area contributed by atoms with Crippen LogP contribution in [0.4, 0.5) is 5.69 Å². The van der Waals surface area contributed by atoms with Crippen molar-refractivity contribution in [3.63, 3.8) is 0 Å². The zero-order chi connectivity index (χ0) is 13.7. The van der Waals surface area contributed by atoms with Crippen molar-refractivity contribution >= 4 is 23.0 Å². The molecule has 0 saturated carbocycles. The lowest BCUT2D eigenvalue weighted by atomic mass is 10.1. The van der Waals surface area contributed by atoms with Gasteiger partial charge in [0.05, 0.1) is 18.5 Å². The van der Waals surface area contributed by atoms with Gasteiger partial charge in [-0.1, -0.05) is 35.9 Å². The van der Waals surface area contributed by atoms with E-state index in [2.05, 4.69) is 10.5 Å². The van der Waals surface area contributed by atoms with Crippen molar-refractivity contribution in [1.29, 1.82) is 0 Å². The number of rotatable bonds is 4. The fraction of sp³-hybridized carbons (Fsp3) is 0.133. The van der Waals surface area contributed by atoms with E-state index >= 15 is 0 Å². The number of hydrazone groups is 1. The third kappa shape index (κ3) is 3.48. The van der Waals surface area contributed by atoms with Crippen LogP contribution in [0.2, 0.25) is 5.02 Å². The Morgan fingerprint density at radius 1 is 1.16 bits per heavy atom. The van der Waals surface area contributed by atoms with E-state index in [1.54, 1.807) is 7.11 Å². The Morgan fingerprint density at radius 3 is 2.68 bits per heavy atom. The SMILES string of the molecule is COc1cccc(NN=C(C)c2ccccc2Cl)c1. The molecule has 0 aliphatic carbocycles. The van der Waals surface area contributed by atoms with Gasteiger partial charge in [0.1, 0.15) is 5.75 Å². The molecule has 2 rings (SSSR count). The van der Waals surface area contributed by atoms with Crippen LogP contribution in [-0.4, -0.2) is 12.8 Å². The lowest BCUT2D eigenvalue weighted by Crippen LogP contribution is -2.00. The fourth-order valence-corrected chi connectivity index (χ4v) is 1.93. The van der Waals surface area contributed by atoms with Crippen LogP contribution >= 0.6 is 11.6 Å². The summed E-state index contributed by atoms with van der Waals surface area (Å²) in [6.45, 7) is 1.91. The second-order valence-corrected chi connectivity index (χ2v) is 4.43. The summed E-state index contributed by atoms with van der Waals surface area (Å²) >= 11 is 6.12. The highest BCUT2D eigenvalue weighted by Gasteiger charge is 2.02. The number of nitrogens with zero attached hydrogens (tertiary/aromatic N) is 1. The van der Waals surface area contributed by atoms with Crippen LogP contribution in [0.3, 0.4) is 0 Å². The molecule has 0 bridgehead atoms. The van der Waals surface area contributed by atoms with Gasteiger partial charge in [0.15, 0.2) is 0 Å². The molecule has 2 aromatic rings. The average molecular weight is 275 g/mol. The first kappa shape index (κ1) is 13.4. The number of hydrogen-bond donors (Lipinski definition) is 1. The van der Waals surface area contributed by atoms with E-state index in [4.69, 9.17) is 16.3 Å². The van der Waals surface area contributed by atoms with Gasteiger partial charge >= 0.3 is 0 Å². The van der Waals surface area contributed by atoms with Crippen molar-refractivity contribution in [2.24, 2.45) is 5.10 Å². The number of hydrogen-bond acceptors (Lipinski definition) is 3. The highest BCUT2D eigenvalue weighted by molar-refractivity contribution is 6.34. The number of halogens is 1. The molecule has 0 aliphatic rings. The number of nitrogens with one attached hydrogen (secondary N) is 1. The highest BCUT2D eigenvalue weighted by atomic mass is 35.5. The average Bonchev–Trinajstić information content (AvgIpc) is 2.45. The third-order valence-electron chi connectivity index (χ3n) is 2.69. The zero-order valence-electron chi connectivity index (χ0n) is 10.9. The van der Waals surface area contributed by atoms with Gasteiger partial charge in [-0.05, 0) is 25.1 Å². The van der Waals surface area contributed by atoms with Gasteiger partial charge in [0.25, 0.3) is 0 Å². The largest absolute Gasteiger partial charge is 0.497 e. The maximum Gasteiger partial charge on any atom is 0.120 e. The summed E-state index contributed by atoms with van der Waals surface area (Å²) < 4.78 is 5.16. The molecule has 0 radical (unpaired) electrons. The van der Waals surface area contributed by atoms with E-state index in [0.717, 1.165) is 22.7 Å². The van der Waals surface area contributed by atoms with E-state index in [1.807, 2.05) is 55.5 Å². The van der Waals surface area contributed by atoms with Gasteiger partial charge < -0.3 is 4.74 Å². The maximum atomic E-state index is 6.12. The normalized spacial score (nSPS) is 11.2. The molecule has 0 saturated heterocycles. The Kier molecular flexibility index (Phi) is 4.42. The Hall–Kier alpha value is -2.00. The van der Waals surface area contributed by atoms with Gasteiger partial charge in [0.2, 0.25) is 0 Å². The minimum absolute atomic E-state index is 0.691. The summed E-state index contributed by atoms with van der Waals surface area (Å²) in [5.41, 5.74) is 5.60. The summed E-state index contributed by atoms with van der Waals surface area (Å²) in [7, 11) is 1.64. The van der Waals surface area contributed by atoms with Crippen LogP contribution in [0.25, 0.3) is 0 Å². The van der Waals surface area contributed by atoms with Crippen LogP contribution < -0.4 is 10.2 Å². The molecule has 3 nitrogen and oxygen atoms in total. The molecule has 0 heterocycles. The minimum atomic E-state index is 0.691. The second-order valence-electron chi connectivity index (χ2n) is 4.02. The summed E-state index contributed by atoms with van der Waals surface area (Å²) in [5, 5.41) is 5.02. The Bertz CT molecular complexity index is 596. The van der Waals surface area contributed by atoms with E-state index in [0.29, 0.717) is 5.02 Å². The summed E-state index contributed by atoms with van der Waals surface area (Å²) in [4.78, 5) is 0.